The Kier molecular flexibility index (Phi) is 6.78. The van der Waals surface area contributed by atoms with Crippen LogP contribution in [0.5, 0.6) is 11.5 Å². The monoisotopic (exact) mass is 394 g/mol. The summed E-state index contributed by atoms with van der Waals surface area (Å²) in [4.78, 5) is 11.6. The van der Waals surface area contributed by atoms with Gasteiger partial charge in [-0.1, -0.05) is 17.7 Å². The predicted molar refractivity (Wildman–Crippen MR) is 101 cm³/mol. The summed E-state index contributed by atoms with van der Waals surface area (Å²) in [7, 11) is -2.44. The van der Waals surface area contributed by atoms with Gasteiger partial charge in [0.1, 0.15) is 11.5 Å². The van der Waals surface area contributed by atoms with Crippen LogP contribution in [0.2, 0.25) is 0 Å². The maximum atomic E-state index is 12.1. The molecule has 2 aromatic carbocycles. The summed E-state index contributed by atoms with van der Waals surface area (Å²) in [5.41, 5.74) is 2.91. The Morgan fingerprint density at radius 2 is 1.63 bits per heavy atom. The zero-order valence-electron chi connectivity index (χ0n) is 15.2. The van der Waals surface area contributed by atoms with Crippen molar-refractivity contribution in [2.24, 2.45) is 0 Å². The molecule has 9 heteroatoms. The largest absolute Gasteiger partial charge is 0.457 e. The maximum absolute atomic E-state index is 12.1. The first-order valence-corrected chi connectivity index (χ1v) is 9.88. The molecule has 0 saturated heterocycles. The van der Waals surface area contributed by atoms with E-state index in [-0.39, 0.29) is 6.54 Å². The van der Waals surface area contributed by atoms with Gasteiger partial charge in [0.25, 0.3) is 5.91 Å². The number of benzene rings is 2. The Hall–Kier alpha value is -2.62. The minimum atomic E-state index is -3.69. The van der Waals surface area contributed by atoms with E-state index >= 15 is 0 Å². The lowest BCUT2D eigenvalue weighted by atomic mass is 10.2. The Labute approximate surface area is 158 Å². The van der Waals surface area contributed by atoms with Gasteiger partial charge in [-0.3, -0.25) is 14.3 Å². The van der Waals surface area contributed by atoms with Crippen molar-refractivity contribution in [2.45, 2.75) is 13.0 Å². The fraction of sp³-hybridized carbons (Fsp3) is 0.278. The Morgan fingerprint density at radius 3 is 2.07 bits per heavy atom. The minimum Gasteiger partial charge on any atom is -0.457 e. The molecule has 27 heavy (non-hydrogen) atoms. The molecule has 0 unspecified atom stereocenters. The number of carbonyl (C=O) groups is 1. The van der Waals surface area contributed by atoms with Gasteiger partial charge in [0.2, 0.25) is 10.0 Å². The van der Waals surface area contributed by atoms with E-state index in [1.165, 1.54) is 12.6 Å². The summed E-state index contributed by atoms with van der Waals surface area (Å²) in [5, 5.41) is 8.75. The molecule has 0 bridgehead atoms. The van der Waals surface area contributed by atoms with Crippen LogP contribution >= 0.6 is 0 Å². The van der Waals surface area contributed by atoms with E-state index in [1.54, 1.807) is 24.3 Å². The standard InChI is InChI=1S/C18H22N2O6S/c1-13-4-8-15(9-5-13)26-16-10-6-14(7-11-16)20(27(3,23)24)12-17(25-2)18(21)19-22/h4-11,17,22H,12H2,1-3H3,(H,19,21)/t17-/m1/s1. The van der Waals surface area contributed by atoms with Crippen molar-refractivity contribution < 1.29 is 27.9 Å². The van der Waals surface area contributed by atoms with Crippen LogP contribution in [-0.4, -0.2) is 45.5 Å². The van der Waals surface area contributed by atoms with Crippen molar-refractivity contribution in [3.05, 3.63) is 54.1 Å². The average Bonchev–Trinajstić information content (AvgIpc) is 2.64. The zero-order valence-corrected chi connectivity index (χ0v) is 16.1. The smallest absolute Gasteiger partial charge is 0.274 e. The number of hydroxylamine groups is 1. The van der Waals surface area contributed by atoms with Gasteiger partial charge in [0, 0.05) is 7.11 Å². The topological polar surface area (TPSA) is 105 Å². The summed E-state index contributed by atoms with van der Waals surface area (Å²) in [5.74, 6) is 0.352. The van der Waals surface area contributed by atoms with Gasteiger partial charge in [-0.2, -0.15) is 0 Å². The highest BCUT2D eigenvalue weighted by Gasteiger charge is 2.26. The van der Waals surface area contributed by atoms with Gasteiger partial charge >= 0.3 is 0 Å². The number of amides is 1. The number of nitrogens with zero attached hydrogens (tertiary/aromatic N) is 1. The van der Waals surface area contributed by atoms with Crippen molar-refractivity contribution >= 4 is 21.6 Å². The molecule has 8 nitrogen and oxygen atoms in total. The second-order valence-corrected chi connectivity index (χ2v) is 7.81. The molecular formula is C18H22N2O6S. The van der Waals surface area contributed by atoms with Crippen LogP contribution in [0.25, 0.3) is 0 Å². The highest BCUT2D eigenvalue weighted by atomic mass is 32.2. The molecule has 1 atom stereocenters. The fourth-order valence-electron chi connectivity index (χ4n) is 2.34. The number of rotatable bonds is 8. The lowest BCUT2D eigenvalue weighted by Crippen LogP contribution is -2.45. The number of anilines is 1. The number of hydrogen-bond donors (Lipinski definition) is 2. The summed E-state index contributed by atoms with van der Waals surface area (Å²) in [6.07, 6.45) is -0.152. The van der Waals surface area contributed by atoms with Gasteiger partial charge in [-0.25, -0.2) is 13.9 Å². The lowest BCUT2D eigenvalue weighted by molar-refractivity contribution is -0.138. The van der Waals surface area contributed by atoms with Crippen LogP contribution in [0.1, 0.15) is 5.56 Å². The molecule has 2 aromatic rings. The number of aryl methyl sites for hydroxylation is 1. The SMILES string of the molecule is CO[C@H](CN(c1ccc(Oc2ccc(C)cc2)cc1)S(C)(=O)=O)C(=O)NO. The van der Waals surface area contributed by atoms with Crippen molar-refractivity contribution in [3.8, 4) is 11.5 Å². The van der Waals surface area contributed by atoms with E-state index in [2.05, 4.69) is 0 Å². The van der Waals surface area contributed by atoms with Crippen molar-refractivity contribution in [1.29, 1.82) is 0 Å². The Bertz CT molecular complexity index is 866. The van der Waals surface area contributed by atoms with Crippen LogP contribution in [0.15, 0.2) is 48.5 Å². The van der Waals surface area contributed by atoms with Gasteiger partial charge in [0.15, 0.2) is 6.10 Å². The van der Waals surface area contributed by atoms with E-state index < -0.39 is 22.0 Å². The number of ether oxygens (including phenoxy) is 2. The first-order valence-electron chi connectivity index (χ1n) is 8.03. The molecule has 146 valence electrons. The molecule has 0 aliphatic heterocycles. The quantitative estimate of drug-likeness (QED) is 0.525. The molecule has 2 N–H and O–H groups in total. The van der Waals surface area contributed by atoms with E-state index in [0.29, 0.717) is 17.2 Å². The first-order chi connectivity index (χ1) is 12.7. The van der Waals surface area contributed by atoms with Crippen LogP contribution in [0, 0.1) is 6.92 Å². The highest BCUT2D eigenvalue weighted by Crippen LogP contribution is 2.26. The van der Waals surface area contributed by atoms with Gasteiger partial charge in [-0.05, 0) is 43.3 Å². The predicted octanol–water partition coefficient (Wildman–Crippen LogP) is 2.07. The van der Waals surface area contributed by atoms with Crippen LogP contribution < -0.4 is 14.5 Å². The molecular weight excluding hydrogens is 372 g/mol. The fourth-order valence-corrected chi connectivity index (χ4v) is 3.25. The molecule has 0 radical (unpaired) electrons. The second kappa shape index (κ2) is 8.85. The van der Waals surface area contributed by atoms with Crippen molar-refractivity contribution in [3.63, 3.8) is 0 Å². The molecule has 0 aliphatic rings. The average molecular weight is 394 g/mol. The molecule has 0 spiro atoms. The van der Waals surface area contributed by atoms with Crippen LogP contribution in [-0.2, 0) is 19.6 Å². The first kappa shape index (κ1) is 20.7. The molecule has 0 aliphatic carbocycles. The van der Waals surface area contributed by atoms with Gasteiger partial charge in [0.05, 0.1) is 18.5 Å². The summed E-state index contributed by atoms with van der Waals surface area (Å²) in [6.45, 7) is 1.68. The van der Waals surface area contributed by atoms with Crippen LogP contribution in [0.4, 0.5) is 5.69 Å². The maximum Gasteiger partial charge on any atom is 0.274 e. The number of sulfonamides is 1. The second-order valence-electron chi connectivity index (χ2n) is 5.90. The van der Waals surface area contributed by atoms with Crippen molar-refractivity contribution in [1.82, 2.24) is 5.48 Å². The highest BCUT2D eigenvalue weighted by molar-refractivity contribution is 7.92. The van der Waals surface area contributed by atoms with E-state index in [4.69, 9.17) is 14.7 Å². The number of methoxy groups -OCH3 is 1. The number of carbonyl (C=O) groups excluding carboxylic acids is 1. The normalized spacial score (nSPS) is 12.3. The molecule has 0 heterocycles. The third-order valence-corrected chi connectivity index (χ3v) is 4.96. The summed E-state index contributed by atoms with van der Waals surface area (Å²) < 4.78 is 36.0. The molecule has 0 aromatic heterocycles. The molecule has 0 saturated carbocycles. The van der Waals surface area contributed by atoms with Gasteiger partial charge in [-0.15, -0.1) is 0 Å². The summed E-state index contributed by atoms with van der Waals surface area (Å²) >= 11 is 0. The van der Waals surface area contributed by atoms with E-state index in [9.17, 15) is 13.2 Å². The van der Waals surface area contributed by atoms with Gasteiger partial charge < -0.3 is 9.47 Å². The van der Waals surface area contributed by atoms with E-state index in [0.717, 1.165) is 16.1 Å². The number of hydrogen-bond acceptors (Lipinski definition) is 6. The van der Waals surface area contributed by atoms with Crippen LogP contribution in [0.3, 0.4) is 0 Å². The molecule has 2 rings (SSSR count). The minimum absolute atomic E-state index is 0.292. The molecule has 1 amide bonds. The van der Waals surface area contributed by atoms with E-state index in [1.807, 2.05) is 31.2 Å². The lowest BCUT2D eigenvalue weighted by Gasteiger charge is -2.26. The Balaban J connectivity index is 2.21. The number of nitrogens with one attached hydrogen (secondary N) is 1. The zero-order chi connectivity index (χ0) is 20.0. The molecule has 0 fully saturated rings. The summed E-state index contributed by atoms with van der Waals surface area (Å²) in [6, 6.07) is 13.9. The Morgan fingerprint density at radius 1 is 1.11 bits per heavy atom. The van der Waals surface area contributed by atoms with Crippen molar-refractivity contribution in [2.75, 3.05) is 24.2 Å². The third kappa shape index (κ3) is 5.68. The third-order valence-electron chi connectivity index (χ3n) is 3.80.